The zero-order valence-electron chi connectivity index (χ0n) is 13.7. The Kier molecular flexibility index (Phi) is 6.02. The second-order valence-corrected chi connectivity index (χ2v) is 5.34. The Morgan fingerprint density at radius 3 is 2.45 bits per heavy atom. The van der Waals surface area contributed by atoms with Crippen molar-refractivity contribution in [2.24, 2.45) is 0 Å². The molecule has 0 aromatic heterocycles. The van der Waals surface area contributed by atoms with E-state index in [-0.39, 0.29) is 0 Å². The van der Waals surface area contributed by atoms with Crippen LogP contribution < -0.4 is 4.74 Å². The maximum Gasteiger partial charge on any atom is 0.134 e. The summed E-state index contributed by atoms with van der Waals surface area (Å²) in [6.07, 6.45) is 8.67. The summed E-state index contributed by atoms with van der Waals surface area (Å²) in [6.45, 7) is 6.37. The van der Waals surface area contributed by atoms with Gasteiger partial charge in [0, 0.05) is 5.56 Å². The first-order chi connectivity index (χ1) is 10.7. The van der Waals surface area contributed by atoms with Crippen molar-refractivity contribution in [1.29, 1.82) is 0 Å². The predicted octanol–water partition coefficient (Wildman–Crippen LogP) is 6.72. The quantitative estimate of drug-likeness (QED) is 0.574. The molecule has 0 N–H and O–H groups in total. The summed E-state index contributed by atoms with van der Waals surface area (Å²) >= 11 is 0. The van der Waals surface area contributed by atoms with Crippen LogP contribution in [0.5, 0.6) is 11.5 Å². The molecule has 0 aliphatic heterocycles. The Labute approximate surface area is 134 Å². The van der Waals surface area contributed by atoms with Crippen molar-refractivity contribution >= 4 is 11.6 Å². The van der Waals surface area contributed by atoms with E-state index in [0.29, 0.717) is 0 Å². The molecule has 0 aliphatic carbocycles. The molecule has 0 bridgehead atoms. The second kappa shape index (κ2) is 8.23. The van der Waals surface area contributed by atoms with Crippen LogP contribution >= 0.6 is 0 Å². The zero-order chi connectivity index (χ0) is 15.8. The largest absolute Gasteiger partial charge is 0.457 e. The van der Waals surface area contributed by atoms with Gasteiger partial charge in [-0.1, -0.05) is 61.9 Å². The normalized spacial score (nSPS) is 11.9. The van der Waals surface area contributed by atoms with E-state index < -0.39 is 0 Å². The molecule has 0 aliphatic rings. The standard InChI is InChI=1S/C21H24O/c1-4-6-10-17(3)18-13-15-20(16-14-18)22-21-12-8-7-11-19(21)9-5-2/h5,7-16H,4,6H2,1-3H3/b9-5+,17-10+. The fourth-order valence-corrected chi connectivity index (χ4v) is 2.28. The third kappa shape index (κ3) is 4.36. The molecule has 0 fully saturated rings. The number of allylic oxidation sites excluding steroid dienone is 3. The van der Waals surface area contributed by atoms with Crippen molar-refractivity contribution < 1.29 is 4.74 Å². The van der Waals surface area contributed by atoms with E-state index in [4.69, 9.17) is 4.74 Å². The smallest absolute Gasteiger partial charge is 0.134 e. The fourth-order valence-electron chi connectivity index (χ4n) is 2.28. The van der Waals surface area contributed by atoms with Gasteiger partial charge in [0.25, 0.3) is 0 Å². The van der Waals surface area contributed by atoms with Crippen LogP contribution in [0.15, 0.2) is 60.7 Å². The number of hydrogen-bond acceptors (Lipinski definition) is 1. The van der Waals surface area contributed by atoms with Crippen molar-refractivity contribution in [2.75, 3.05) is 0 Å². The highest BCUT2D eigenvalue weighted by Gasteiger charge is 2.02. The molecule has 0 radical (unpaired) electrons. The van der Waals surface area contributed by atoms with Crippen LogP contribution in [0.1, 0.15) is 44.7 Å². The third-order valence-electron chi connectivity index (χ3n) is 3.54. The molecule has 0 unspecified atom stereocenters. The van der Waals surface area contributed by atoms with Gasteiger partial charge in [-0.2, -0.15) is 0 Å². The first-order valence-electron chi connectivity index (χ1n) is 7.91. The molecule has 1 heteroatoms. The lowest BCUT2D eigenvalue weighted by Gasteiger charge is -2.10. The van der Waals surface area contributed by atoms with E-state index in [2.05, 4.69) is 44.2 Å². The highest BCUT2D eigenvalue weighted by molar-refractivity contribution is 5.64. The summed E-state index contributed by atoms with van der Waals surface area (Å²) < 4.78 is 6.01. The van der Waals surface area contributed by atoms with Gasteiger partial charge in [-0.3, -0.25) is 0 Å². The van der Waals surface area contributed by atoms with Gasteiger partial charge in [0.2, 0.25) is 0 Å². The van der Waals surface area contributed by atoms with Crippen LogP contribution in [0.4, 0.5) is 0 Å². The van der Waals surface area contributed by atoms with Crippen LogP contribution in [0.25, 0.3) is 11.6 Å². The first-order valence-corrected chi connectivity index (χ1v) is 7.91. The van der Waals surface area contributed by atoms with Crippen LogP contribution in [0.2, 0.25) is 0 Å². The van der Waals surface area contributed by atoms with Crippen molar-refractivity contribution in [1.82, 2.24) is 0 Å². The van der Waals surface area contributed by atoms with Gasteiger partial charge < -0.3 is 4.74 Å². The minimum Gasteiger partial charge on any atom is -0.457 e. The fraction of sp³-hybridized carbons (Fsp3) is 0.238. The molecule has 2 aromatic carbocycles. The summed E-state index contributed by atoms with van der Waals surface area (Å²) in [5.74, 6) is 1.75. The molecule has 22 heavy (non-hydrogen) atoms. The molecule has 0 amide bonds. The molecule has 0 atom stereocenters. The summed E-state index contributed by atoms with van der Waals surface area (Å²) in [7, 11) is 0. The maximum atomic E-state index is 6.01. The summed E-state index contributed by atoms with van der Waals surface area (Å²) in [5, 5.41) is 0. The molecule has 0 saturated carbocycles. The molecule has 2 aromatic rings. The predicted molar refractivity (Wildman–Crippen MR) is 96.2 cm³/mol. The van der Waals surface area contributed by atoms with Crippen molar-refractivity contribution in [2.45, 2.75) is 33.6 Å². The van der Waals surface area contributed by atoms with Gasteiger partial charge in [0.05, 0.1) is 0 Å². The van der Waals surface area contributed by atoms with Crippen LogP contribution in [-0.2, 0) is 0 Å². The molecule has 0 saturated heterocycles. The molecular formula is C21H24O. The van der Waals surface area contributed by atoms with Gasteiger partial charge >= 0.3 is 0 Å². The highest BCUT2D eigenvalue weighted by atomic mass is 16.5. The van der Waals surface area contributed by atoms with Gasteiger partial charge in [-0.25, -0.2) is 0 Å². The van der Waals surface area contributed by atoms with E-state index in [1.807, 2.05) is 43.3 Å². The van der Waals surface area contributed by atoms with Crippen molar-refractivity contribution in [3.63, 3.8) is 0 Å². The molecule has 0 heterocycles. The van der Waals surface area contributed by atoms with E-state index in [1.165, 1.54) is 17.6 Å². The van der Waals surface area contributed by atoms with Crippen LogP contribution in [0.3, 0.4) is 0 Å². The van der Waals surface area contributed by atoms with Gasteiger partial charge in [0.1, 0.15) is 11.5 Å². The van der Waals surface area contributed by atoms with Crippen LogP contribution in [0, 0.1) is 0 Å². The Morgan fingerprint density at radius 1 is 1.05 bits per heavy atom. The van der Waals surface area contributed by atoms with E-state index in [1.54, 1.807) is 0 Å². The maximum absolute atomic E-state index is 6.01. The number of rotatable bonds is 6. The van der Waals surface area contributed by atoms with Crippen LogP contribution in [-0.4, -0.2) is 0 Å². The minimum atomic E-state index is 0.865. The number of ether oxygens (including phenoxy) is 1. The topological polar surface area (TPSA) is 9.23 Å². The van der Waals surface area contributed by atoms with Gasteiger partial charge in [0.15, 0.2) is 0 Å². The summed E-state index contributed by atoms with van der Waals surface area (Å²) in [5.41, 5.74) is 3.67. The molecular weight excluding hydrogens is 268 g/mol. The number of hydrogen-bond donors (Lipinski definition) is 0. The van der Waals surface area contributed by atoms with E-state index in [9.17, 15) is 0 Å². The Morgan fingerprint density at radius 2 is 1.77 bits per heavy atom. The van der Waals surface area contributed by atoms with Crippen molar-refractivity contribution in [3.05, 3.63) is 71.8 Å². The Balaban J connectivity index is 2.15. The summed E-state index contributed by atoms with van der Waals surface area (Å²) in [4.78, 5) is 0. The number of benzene rings is 2. The summed E-state index contributed by atoms with van der Waals surface area (Å²) in [6, 6.07) is 16.4. The van der Waals surface area contributed by atoms with E-state index >= 15 is 0 Å². The van der Waals surface area contributed by atoms with Gasteiger partial charge in [-0.05, 0) is 49.6 Å². The lowest BCUT2D eigenvalue weighted by atomic mass is 10.1. The first kappa shape index (κ1) is 16.1. The third-order valence-corrected chi connectivity index (χ3v) is 3.54. The lowest BCUT2D eigenvalue weighted by molar-refractivity contribution is 0.481. The molecule has 0 spiro atoms. The molecule has 1 nitrogen and oxygen atoms in total. The average molecular weight is 292 g/mol. The second-order valence-electron chi connectivity index (χ2n) is 5.34. The monoisotopic (exact) mass is 292 g/mol. The van der Waals surface area contributed by atoms with Crippen molar-refractivity contribution in [3.8, 4) is 11.5 Å². The number of unbranched alkanes of at least 4 members (excludes halogenated alkanes) is 1. The highest BCUT2D eigenvalue weighted by Crippen LogP contribution is 2.27. The molecule has 2 rings (SSSR count). The zero-order valence-corrected chi connectivity index (χ0v) is 13.7. The Hall–Kier alpha value is -2.28. The molecule has 114 valence electrons. The Bertz CT molecular complexity index is 648. The lowest BCUT2D eigenvalue weighted by Crippen LogP contribution is -1.88. The SMILES string of the molecule is C/C=C/c1ccccc1Oc1ccc(/C(C)=C/CCC)cc1. The van der Waals surface area contributed by atoms with Gasteiger partial charge in [-0.15, -0.1) is 0 Å². The average Bonchev–Trinajstić information content (AvgIpc) is 2.55. The minimum absolute atomic E-state index is 0.865. The van der Waals surface area contributed by atoms with E-state index in [0.717, 1.165) is 23.5 Å². The number of para-hydroxylation sites is 1.